The molecule has 1 N–H and O–H groups in total. The van der Waals surface area contributed by atoms with Crippen molar-refractivity contribution in [2.24, 2.45) is 0 Å². The van der Waals surface area contributed by atoms with Crippen molar-refractivity contribution in [2.75, 3.05) is 23.9 Å². The fourth-order valence-electron chi connectivity index (χ4n) is 1.48. The molecule has 1 aromatic carbocycles. The Bertz CT molecular complexity index is 452. The number of benzene rings is 1. The van der Waals surface area contributed by atoms with E-state index in [4.69, 9.17) is 0 Å². The van der Waals surface area contributed by atoms with Gasteiger partial charge in [0.15, 0.2) is 0 Å². The summed E-state index contributed by atoms with van der Waals surface area (Å²) < 4.78 is 38.1. The fraction of sp³-hybridized carbons (Fsp3) is 0.455. The van der Waals surface area contributed by atoms with Gasteiger partial charge in [0.25, 0.3) is 5.69 Å². The first-order chi connectivity index (χ1) is 8.86. The van der Waals surface area contributed by atoms with Crippen LogP contribution in [0.1, 0.15) is 12.0 Å². The summed E-state index contributed by atoms with van der Waals surface area (Å²) in [7, 11) is 0. The zero-order valence-corrected chi connectivity index (χ0v) is 11.0. The van der Waals surface area contributed by atoms with Crippen LogP contribution in [-0.4, -0.2) is 23.5 Å². The number of hydrogen-bond acceptors (Lipinski definition) is 4. The molecule has 1 aromatic rings. The number of alkyl halides is 3. The molecule has 4 nitrogen and oxygen atoms in total. The number of hydrogen-bond donors (Lipinski definition) is 1. The van der Waals surface area contributed by atoms with E-state index in [1.807, 2.05) is 6.26 Å². The second-order valence-electron chi connectivity index (χ2n) is 3.76. The first-order valence-corrected chi connectivity index (χ1v) is 6.84. The number of nitrogens with one attached hydrogen (secondary N) is 1. The highest BCUT2D eigenvalue weighted by molar-refractivity contribution is 7.98. The van der Waals surface area contributed by atoms with Crippen molar-refractivity contribution in [1.82, 2.24) is 0 Å². The average molecular weight is 294 g/mol. The molecule has 1 rings (SSSR count). The normalized spacial score (nSPS) is 11.4. The Morgan fingerprint density at radius 2 is 2.11 bits per heavy atom. The lowest BCUT2D eigenvalue weighted by Crippen LogP contribution is -2.10. The van der Waals surface area contributed by atoms with Gasteiger partial charge in [-0.25, -0.2) is 0 Å². The molecule has 0 aromatic heterocycles. The zero-order valence-electron chi connectivity index (χ0n) is 10.2. The third-order valence-corrected chi connectivity index (χ3v) is 3.05. The van der Waals surface area contributed by atoms with Crippen LogP contribution < -0.4 is 5.32 Å². The van der Waals surface area contributed by atoms with Gasteiger partial charge >= 0.3 is 6.18 Å². The minimum Gasteiger partial charge on any atom is -0.385 e. The highest BCUT2D eigenvalue weighted by Gasteiger charge is 2.38. The third-order valence-electron chi connectivity index (χ3n) is 2.35. The van der Waals surface area contributed by atoms with Gasteiger partial charge in [-0.05, 0) is 30.6 Å². The SMILES string of the molecule is CSCCCNc1ccc([N+](=O)[O-])c(C(F)(F)F)c1. The molecule has 0 unspecified atom stereocenters. The molecule has 0 aliphatic carbocycles. The summed E-state index contributed by atoms with van der Waals surface area (Å²) in [4.78, 5) is 9.53. The van der Waals surface area contributed by atoms with Gasteiger partial charge in [0.05, 0.1) is 4.92 Å². The molecule has 0 saturated heterocycles. The van der Waals surface area contributed by atoms with Gasteiger partial charge in [-0.1, -0.05) is 0 Å². The van der Waals surface area contributed by atoms with Crippen molar-refractivity contribution < 1.29 is 18.1 Å². The van der Waals surface area contributed by atoms with Crippen molar-refractivity contribution in [1.29, 1.82) is 0 Å². The van der Waals surface area contributed by atoms with Gasteiger partial charge in [0, 0.05) is 18.3 Å². The molecule has 0 bridgehead atoms. The molecule has 0 aliphatic rings. The number of nitro groups is 1. The lowest BCUT2D eigenvalue weighted by Gasteiger charge is -2.11. The summed E-state index contributed by atoms with van der Waals surface area (Å²) in [5, 5.41) is 13.4. The summed E-state index contributed by atoms with van der Waals surface area (Å²) in [6, 6.07) is 2.93. The van der Waals surface area contributed by atoms with Gasteiger partial charge < -0.3 is 5.32 Å². The van der Waals surface area contributed by atoms with E-state index in [-0.39, 0.29) is 5.69 Å². The van der Waals surface area contributed by atoms with Crippen molar-refractivity contribution in [3.63, 3.8) is 0 Å². The van der Waals surface area contributed by atoms with Crippen LogP contribution in [0, 0.1) is 10.1 Å². The molecular formula is C11H13F3N2O2S. The van der Waals surface area contributed by atoms with Crippen LogP contribution in [0.3, 0.4) is 0 Å². The highest BCUT2D eigenvalue weighted by Crippen LogP contribution is 2.37. The van der Waals surface area contributed by atoms with Crippen LogP contribution in [-0.2, 0) is 6.18 Å². The molecule has 0 amide bonds. The molecule has 8 heteroatoms. The van der Waals surface area contributed by atoms with E-state index in [0.717, 1.165) is 24.3 Å². The van der Waals surface area contributed by atoms with Crippen LogP contribution in [0.5, 0.6) is 0 Å². The predicted molar refractivity (Wildman–Crippen MR) is 69.6 cm³/mol. The quantitative estimate of drug-likeness (QED) is 0.493. The van der Waals surface area contributed by atoms with Crippen molar-refractivity contribution >= 4 is 23.1 Å². The zero-order chi connectivity index (χ0) is 14.5. The summed E-state index contributed by atoms with van der Waals surface area (Å²) in [6.45, 7) is 0.524. The van der Waals surface area contributed by atoms with E-state index in [9.17, 15) is 23.3 Å². The van der Waals surface area contributed by atoms with Crippen LogP contribution in [0.2, 0.25) is 0 Å². The number of thioether (sulfide) groups is 1. The van der Waals surface area contributed by atoms with Gasteiger partial charge in [-0.2, -0.15) is 24.9 Å². The topological polar surface area (TPSA) is 55.2 Å². The number of nitrogens with zero attached hydrogens (tertiary/aromatic N) is 1. The number of anilines is 1. The first-order valence-electron chi connectivity index (χ1n) is 5.44. The Balaban J connectivity index is 2.90. The Hall–Kier alpha value is -1.44. The van der Waals surface area contributed by atoms with Crippen molar-refractivity contribution in [3.8, 4) is 0 Å². The molecule has 0 spiro atoms. The van der Waals surface area contributed by atoms with Gasteiger partial charge in [-0.3, -0.25) is 10.1 Å². The Kier molecular flexibility index (Phi) is 5.46. The molecular weight excluding hydrogens is 281 g/mol. The maximum absolute atomic E-state index is 12.7. The summed E-state index contributed by atoms with van der Waals surface area (Å²) in [6.07, 6.45) is -1.99. The van der Waals surface area contributed by atoms with Gasteiger partial charge in [0.2, 0.25) is 0 Å². The first kappa shape index (κ1) is 15.6. The molecule has 0 radical (unpaired) electrons. The maximum atomic E-state index is 12.7. The van der Waals surface area contributed by atoms with E-state index in [1.165, 1.54) is 6.07 Å². The minimum atomic E-state index is -4.74. The number of nitro benzene ring substituents is 1. The third kappa shape index (κ3) is 4.62. The predicted octanol–water partition coefficient (Wildman–Crippen LogP) is 3.78. The molecule has 0 fully saturated rings. The maximum Gasteiger partial charge on any atom is 0.423 e. The molecule has 0 aliphatic heterocycles. The standard InChI is InChI=1S/C11H13F3N2O2S/c1-19-6-2-5-15-8-3-4-10(16(17)18)9(7-8)11(12,13)14/h3-4,7,15H,2,5-6H2,1H3. The lowest BCUT2D eigenvalue weighted by molar-refractivity contribution is -0.388. The summed E-state index contributed by atoms with van der Waals surface area (Å²) in [5.74, 6) is 0.895. The summed E-state index contributed by atoms with van der Waals surface area (Å²) >= 11 is 1.64. The Labute approximate surface area is 112 Å². The van der Waals surface area contributed by atoms with Crippen LogP contribution >= 0.6 is 11.8 Å². The Morgan fingerprint density at radius 3 is 2.63 bits per heavy atom. The Morgan fingerprint density at radius 1 is 1.42 bits per heavy atom. The van der Waals surface area contributed by atoms with E-state index >= 15 is 0 Å². The van der Waals surface area contributed by atoms with Crippen molar-refractivity contribution in [2.45, 2.75) is 12.6 Å². The minimum absolute atomic E-state index is 0.235. The van der Waals surface area contributed by atoms with Crippen LogP contribution in [0.25, 0.3) is 0 Å². The molecule has 0 saturated carbocycles. The lowest BCUT2D eigenvalue weighted by atomic mass is 10.1. The summed E-state index contributed by atoms with van der Waals surface area (Å²) in [5.41, 5.74) is -1.92. The second-order valence-corrected chi connectivity index (χ2v) is 4.75. The number of rotatable bonds is 6. The van der Waals surface area contributed by atoms with Crippen LogP contribution in [0.15, 0.2) is 18.2 Å². The van der Waals surface area contributed by atoms with Gasteiger partial charge in [-0.15, -0.1) is 0 Å². The largest absolute Gasteiger partial charge is 0.423 e. The smallest absolute Gasteiger partial charge is 0.385 e. The monoisotopic (exact) mass is 294 g/mol. The van der Waals surface area contributed by atoms with E-state index in [0.29, 0.717) is 6.54 Å². The second kappa shape index (κ2) is 6.65. The molecule has 0 heterocycles. The average Bonchev–Trinajstić information content (AvgIpc) is 2.33. The highest BCUT2D eigenvalue weighted by atomic mass is 32.2. The van der Waals surface area contributed by atoms with Crippen LogP contribution in [0.4, 0.5) is 24.5 Å². The number of halogens is 3. The molecule has 0 atom stereocenters. The van der Waals surface area contributed by atoms with E-state index in [2.05, 4.69) is 5.32 Å². The molecule has 19 heavy (non-hydrogen) atoms. The van der Waals surface area contributed by atoms with Crippen molar-refractivity contribution in [3.05, 3.63) is 33.9 Å². The van der Waals surface area contributed by atoms with E-state index < -0.39 is 22.4 Å². The molecule has 106 valence electrons. The fourth-order valence-corrected chi connectivity index (χ4v) is 1.91. The van der Waals surface area contributed by atoms with E-state index in [1.54, 1.807) is 11.8 Å². The van der Waals surface area contributed by atoms with Gasteiger partial charge in [0.1, 0.15) is 5.56 Å².